The van der Waals surface area contributed by atoms with Crippen molar-refractivity contribution in [2.45, 2.75) is 57.8 Å². The molecule has 0 N–H and O–H groups in total. The van der Waals surface area contributed by atoms with Gasteiger partial charge in [-0.15, -0.1) is 0 Å². The third-order valence-electron chi connectivity index (χ3n) is 23.2. The number of anilines is 9. The first-order valence-corrected chi connectivity index (χ1v) is 37.5. The first kappa shape index (κ1) is 64.8. The molecule has 0 radical (unpaired) electrons. The van der Waals surface area contributed by atoms with Gasteiger partial charge in [0.05, 0.1) is 16.7 Å². The van der Waals surface area contributed by atoms with E-state index in [2.05, 4.69) is 437 Å². The third-order valence-corrected chi connectivity index (χ3v) is 23.2. The van der Waals surface area contributed by atoms with Gasteiger partial charge in [-0.1, -0.05) is 290 Å². The van der Waals surface area contributed by atoms with Crippen molar-refractivity contribution in [1.29, 1.82) is 0 Å². The largest absolute Gasteiger partial charge is 0.311 e. The number of benzene rings is 16. The summed E-state index contributed by atoms with van der Waals surface area (Å²) in [4.78, 5) is 7.24. The van der Waals surface area contributed by atoms with Gasteiger partial charge in [0.2, 0.25) is 0 Å². The van der Waals surface area contributed by atoms with Crippen LogP contribution in [0, 0.1) is 0 Å². The van der Waals surface area contributed by atoms with Crippen LogP contribution in [0.4, 0.5) is 51.2 Å². The summed E-state index contributed by atoms with van der Waals surface area (Å²) in [6, 6.07) is 138. The van der Waals surface area contributed by atoms with E-state index in [9.17, 15) is 0 Å². The van der Waals surface area contributed by atoms with Gasteiger partial charge in [-0.05, 0) is 222 Å². The van der Waals surface area contributed by atoms with Crippen LogP contribution in [-0.4, -0.2) is 4.57 Å². The summed E-state index contributed by atoms with van der Waals surface area (Å²) >= 11 is 0. The van der Waals surface area contributed by atoms with Crippen LogP contribution in [0.2, 0.25) is 0 Å². The zero-order valence-electron chi connectivity index (χ0n) is 61.1. The van der Waals surface area contributed by atoms with E-state index < -0.39 is 0 Å². The highest BCUT2D eigenvalue weighted by molar-refractivity contribution is 6.11. The molecule has 0 fully saturated rings. The average Bonchev–Trinajstić information content (AvgIpc) is 1.64. The molecule has 0 bridgehead atoms. The number of hydrogen-bond donors (Lipinski definition) is 0. The van der Waals surface area contributed by atoms with Crippen LogP contribution in [0.15, 0.2) is 376 Å². The minimum absolute atomic E-state index is 0.0950. The van der Waals surface area contributed by atoms with E-state index in [0.29, 0.717) is 0 Å². The van der Waals surface area contributed by atoms with Crippen LogP contribution >= 0.6 is 0 Å². The molecule has 0 saturated heterocycles. The molecule has 0 unspecified atom stereocenters. The van der Waals surface area contributed by atoms with Crippen LogP contribution in [0.1, 0.15) is 74.9 Å². The lowest BCUT2D eigenvalue weighted by atomic mass is 9.82. The van der Waals surface area contributed by atoms with Gasteiger partial charge in [0, 0.05) is 83.6 Å². The Kier molecular flexibility index (Phi) is 15.6. The van der Waals surface area contributed by atoms with E-state index in [1.807, 2.05) is 0 Å². The highest BCUT2D eigenvalue weighted by Crippen LogP contribution is 2.56. The Balaban J connectivity index is 0.000000147. The Morgan fingerprint density at radius 1 is 0.196 bits per heavy atom. The van der Waals surface area contributed by atoms with Crippen molar-refractivity contribution < 1.29 is 0 Å². The maximum Gasteiger partial charge on any atom is 0.0542 e. The quantitative estimate of drug-likeness (QED) is 0.121. The highest BCUT2D eigenvalue weighted by Gasteiger charge is 2.39. The molecule has 107 heavy (non-hydrogen) atoms. The Labute approximate surface area is 627 Å². The molecule has 0 aliphatic heterocycles. The zero-order chi connectivity index (χ0) is 72.1. The van der Waals surface area contributed by atoms with Crippen LogP contribution < -0.4 is 14.7 Å². The first-order chi connectivity index (χ1) is 52.4. The summed E-state index contributed by atoms with van der Waals surface area (Å²) in [6.45, 7) is 14.2. The van der Waals surface area contributed by atoms with E-state index in [4.69, 9.17) is 0 Å². The molecule has 20 rings (SSSR count). The lowest BCUT2D eigenvalue weighted by Gasteiger charge is -2.30. The molecule has 1 heterocycles. The minimum Gasteiger partial charge on any atom is -0.311 e. The van der Waals surface area contributed by atoms with E-state index in [-0.39, 0.29) is 16.2 Å². The van der Waals surface area contributed by atoms with E-state index in [0.717, 1.165) is 39.8 Å². The standard InChI is InChI=1S/C55H42N2.C48H38N2/c1-55(2)52-28-15-14-26-49(52)50-34-33-46(38-53(50)55)57(45-24-16-19-41(37-45)39-17-6-3-7-18-39)54-36-35-47(48-25-12-13-27-51(48)54)40-29-31-44(32-30-40)56(42-20-8-4-9-21-42)43-22-10-5-11-23-43;1-47(2)41-19-11-8-16-35(41)37-25-22-33(29-43(37)47)49(34-23-26-38-36-17-9-12-20-42(36)48(3,4)44(38)30-34)32-24-27-46-40(28-32)39-18-10-13-21-45(39)50(46)31-14-6-5-7-15-31/h3-38H,1-2H3;5-30H,1-4H3. The Morgan fingerprint density at radius 3 is 1.09 bits per heavy atom. The van der Waals surface area contributed by atoms with Crippen LogP contribution in [0.25, 0.3) is 93.9 Å². The van der Waals surface area contributed by atoms with E-state index in [1.54, 1.807) is 0 Å². The summed E-state index contributed by atoms with van der Waals surface area (Å²) in [5, 5.41) is 4.91. The van der Waals surface area contributed by atoms with Crippen LogP contribution in [-0.2, 0) is 16.2 Å². The molecule has 4 nitrogen and oxygen atoms in total. The molecule has 512 valence electrons. The van der Waals surface area contributed by atoms with Gasteiger partial charge in [0.15, 0.2) is 0 Å². The molecule has 0 amide bonds. The van der Waals surface area contributed by atoms with Gasteiger partial charge in [0.1, 0.15) is 0 Å². The fourth-order valence-corrected chi connectivity index (χ4v) is 17.9. The second-order valence-corrected chi connectivity index (χ2v) is 30.4. The maximum absolute atomic E-state index is 2.48. The second kappa shape index (κ2) is 25.7. The number of para-hydroxylation sites is 4. The number of hydrogen-bond acceptors (Lipinski definition) is 3. The van der Waals surface area contributed by atoms with Crippen molar-refractivity contribution in [2.75, 3.05) is 14.7 Å². The Morgan fingerprint density at radius 2 is 0.551 bits per heavy atom. The van der Waals surface area contributed by atoms with E-state index in [1.165, 1.54) is 139 Å². The summed E-state index contributed by atoms with van der Waals surface area (Å²) in [7, 11) is 0. The summed E-state index contributed by atoms with van der Waals surface area (Å²) < 4.78 is 2.39. The molecule has 17 aromatic rings. The zero-order valence-corrected chi connectivity index (χ0v) is 61.1. The van der Waals surface area contributed by atoms with Crippen molar-refractivity contribution in [3.8, 4) is 61.3 Å². The summed E-state index contributed by atoms with van der Waals surface area (Å²) in [6.07, 6.45) is 0. The predicted octanol–water partition coefficient (Wildman–Crippen LogP) is 28.3. The normalized spacial score (nSPS) is 13.6. The van der Waals surface area contributed by atoms with Crippen molar-refractivity contribution >= 4 is 83.8 Å². The Hall–Kier alpha value is -13.0. The predicted molar refractivity (Wildman–Crippen MR) is 452 cm³/mol. The molecule has 4 heteroatoms. The third kappa shape index (κ3) is 10.8. The topological polar surface area (TPSA) is 14.7 Å². The molecule has 3 aliphatic rings. The molecule has 16 aromatic carbocycles. The molecular weight excluding hydrogens is 1290 g/mol. The molecule has 1 aromatic heterocycles. The van der Waals surface area contributed by atoms with Crippen LogP contribution in [0.5, 0.6) is 0 Å². The monoisotopic (exact) mass is 1370 g/mol. The number of fused-ring (bicyclic) bond motifs is 13. The minimum atomic E-state index is -0.117. The van der Waals surface area contributed by atoms with Gasteiger partial charge >= 0.3 is 0 Å². The first-order valence-electron chi connectivity index (χ1n) is 37.5. The fraction of sp³-hybridized carbons (Fsp3) is 0.0874. The lowest BCUT2D eigenvalue weighted by Crippen LogP contribution is -2.18. The van der Waals surface area contributed by atoms with Gasteiger partial charge in [-0.2, -0.15) is 0 Å². The molecule has 3 aliphatic carbocycles. The molecule has 0 saturated carbocycles. The van der Waals surface area contributed by atoms with Crippen LogP contribution in [0.3, 0.4) is 0 Å². The van der Waals surface area contributed by atoms with Gasteiger partial charge in [0.25, 0.3) is 0 Å². The summed E-state index contributed by atoms with van der Waals surface area (Å²) in [5.41, 5.74) is 34.6. The highest BCUT2D eigenvalue weighted by atomic mass is 15.2. The van der Waals surface area contributed by atoms with Crippen molar-refractivity contribution in [2.24, 2.45) is 0 Å². The molecule has 0 atom stereocenters. The lowest BCUT2D eigenvalue weighted by molar-refractivity contribution is 0.660. The van der Waals surface area contributed by atoms with E-state index >= 15 is 0 Å². The fourth-order valence-electron chi connectivity index (χ4n) is 17.9. The number of aromatic nitrogens is 1. The second-order valence-electron chi connectivity index (χ2n) is 30.4. The molecular formula is C103H80N4. The van der Waals surface area contributed by atoms with Crippen molar-refractivity contribution in [3.63, 3.8) is 0 Å². The molecule has 0 spiro atoms. The smallest absolute Gasteiger partial charge is 0.0542 e. The van der Waals surface area contributed by atoms with Crippen molar-refractivity contribution in [3.05, 3.63) is 409 Å². The summed E-state index contributed by atoms with van der Waals surface area (Å²) in [5.74, 6) is 0. The SMILES string of the molecule is CC1(C)c2ccccc2-c2ccc(N(c3ccc4c(c3)C(C)(C)c3ccccc3-4)c3ccc4c(c3)c3ccccc3n4-c3ccccc3)cc21.CC1(C)c2ccccc2-c2ccc(N(c3cccc(-c4ccccc4)c3)c3ccc(-c4ccc(N(c5ccccc5)c5ccccc5)cc4)c4ccccc34)cc21. The van der Waals surface area contributed by atoms with Gasteiger partial charge in [-0.3, -0.25) is 0 Å². The Bertz CT molecular complexity index is 6140. The maximum atomic E-state index is 2.48. The van der Waals surface area contributed by atoms with Crippen molar-refractivity contribution in [1.82, 2.24) is 4.57 Å². The number of rotatable bonds is 12. The number of nitrogens with zero attached hydrogens (tertiary/aromatic N) is 4. The van der Waals surface area contributed by atoms with Gasteiger partial charge < -0.3 is 19.3 Å². The average molecular weight is 1370 g/mol. The van der Waals surface area contributed by atoms with Gasteiger partial charge in [-0.25, -0.2) is 0 Å².